The Kier molecular flexibility index (Phi) is 4.17. The number of aromatic nitrogens is 3. The Bertz CT molecular complexity index is 560. The summed E-state index contributed by atoms with van der Waals surface area (Å²) in [6, 6.07) is 2.22. The third kappa shape index (κ3) is 2.77. The molecule has 2 N–H and O–H groups in total. The number of aliphatic hydroxyl groups is 1. The van der Waals surface area contributed by atoms with Gasteiger partial charge in [-0.2, -0.15) is 5.10 Å². The standard InChI is InChI=1S/C14H22N4O/c1-5-12(8-19)16-10(3)13-7-15-14-6-9(2)17-18(14)11(13)4/h6-7,10,12,16,19H,5,8H2,1-4H3/t10?,12-/m0/s1. The molecule has 5 nitrogen and oxygen atoms in total. The highest BCUT2D eigenvalue weighted by molar-refractivity contribution is 5.42. The fourth-order valence-electron chi connectivity index (χ4n) is 2.34. The van der Waals surface area contributed by atoms with Gasteiger partial charge in [0.05, 0.1) is 12.3 Å². The van der Waals surface area contributed by atoms with Crippen molar-refractivity contribution < 1.29 is 5.11 Å². The van der Waals surface area contributed by atoms with Gasteiger partial charge in [-0.25, -0.2) is 9.50 Å². The SMILES string of the molecule is CC[C@@H](CO)NC(C)c1cnc2cc(C)nn2c1C. The number of hydrogen-bond donors (Lipinski definition) is 2. The lowest BCUT2D eigenvalue weighted by atomic mass is 10.1. The highest BCUT2D eigenvalue weighted by Gasteiger charge is 2.15. The molecule has 0 aliphatic heterocycles. The molecule has 0 spiro atoms. The smallest absolute Gasteiger partial charge is 0.155 e. The first-order valence-electron chi connectivity index (χ1n) is 6.75. The molecule has 5 heteroatoms. The quantitative estimate of drug-likeness (QED) is 0.862. The summed E-state index contributed by atoms with van der Waals surface area (Å²) in [5, 5.41) is 17.1. The van der Waals surface area contributed by atoms with E-state index in [0.717, 1.165) is 29.0 Å². The molecule has 19 heavy (non-hydrogen) atoms. The summed E-state index contributed by atoms with van der Waals surface area (Å²) in [6.45, 7) is 8.32. The third-order valence-electron chi connectivity index (χ3n) is 3.55. The van der Waals surface area contributed by atoms with Crippen LogP contribution in [0.25, 0.3) is 5.65 Å². The molecule has 2 heterocycles. The second-order valence-corrected chi connectivity index (χ2v) is 5.03. The van der Waals surface area contributed by atoms with E-state index in [4.69, 9.17) is 0 Å². The van der Waals surface area contributed by atoms with Crippen LogP contribution in [0.15, 0.2) is 12.3 Å². The first-order chi connectivity index (χ1) is 9.06. The molecule has 2 aromatic rings. The number of nitrogens with one attached hydrogen (secondary N) is 1. The molecule has 0 radical (unpaired) electrons. The van der Waals surface area contributed by atoms with Crippen molar-refractivity contribution in [2.45, 2.75) is 46.2 Å². The summed E-state index contributed by atoms with van der Waals surface area (Å²) in [7, 11) is 0. The van der Waals surface area contributed by atoms with Gasteiger partial charge in [-0.05, 0) is 27.2 Å². The summed E-state index contributed by atoms with van der Waals surface area (Å²) in [4.78, 5) is 4.44. The van der Waals surface area contributed by atoms with Gasteiger partial charge in [-0.15, -0.1) is 0 Å². The number of aliphatic hydroxyl groups excluding tert-OH is 1. The molecule has 0 bridgehead atoms. The van der Waals surface area contributed by atoms with Gasteiger partial charge in [0, 0.05) is 35.6 Å². The Balaban J connectivity index is 2.31. The molecule has 0 aromatic carbocycles. The zero-order valence-corrected chi connectivity index (χ0v) is 12.0. The Labute approximate surface area is 113 Å². The van der Waals surface area contributed by atoms with Gasteiger partial charge in [-0.3, -0.25) is 0 Å². The summed E-state index contributed by atoms with van der Waals surface area (Å²) >= 11 is 0. The van der Waals surface area contributed by atoms with Crippen LogP contribution in [0, 0.1) is 13.8 Å². The van der Waals surface area contributed by atoms with Crippen LogP contribution in [0.5, 0.6) is 0 Å². The number of aryl methyl sites for hydroxylation is 2. The monoisotopic (exact) mass is 262 g/mol. The molecule has 0 saturated heterocycles. The van der Waals surface area contributed by atoms with Gasteiger partial charge in [0.2, 0.25) is 0 Å². The average molecular weight is 262 g/mol. The van der Waals surface area contributed by atoms with E-state index in [-0.39, 0.29) is 18.7 Å². The lowest BCUT2D eigenvalue weighted by Gasteiger charge is -2.22. The zero-order chi connectivity index (χ0) is 14.0. The number of hydrogen-bond acceptors (Lipinski definition) is 4. The highest BCUT2D eigenvalue weighted by Crippen LogP contribution is 2.18. The van der Waals surface area contributed by atoms with E-state index in [1.807, 2.05) is 23.7 Å². The minimum absolute atomic E-state index is 0.115. The Morgan fingerprint density at radius 2 is 2.16 bits per heavy atom. The second kappa shape index (κ2) is 5.67. The average Bonchev–Trinajstić information content (AvgIpc) is 2.77. The topological polar surface area (TPSA) is 62.5 Å². The summed E-state index contributed by atoms with van der Waals surface area (Å²) in [5.41, 5.74) is 4.05. The molecule has 0 fully saturated rings. The molecular weight excluding hydrogens is 240 g/mol. The maximum atomic E-state index is 9.27. The van der Waals surface area contributed by atoms with Crippen LogP contribution in [-0.4, -0.2) is 32.4 Å². The largest absolute Gasteiger partial charge is 0.395 e. The normalized spacial score (nSPS) is 14.8. The number of nitrogens with zero attached hydrogens (tertiary/aromatic N) is 3. The number of rotatable bonds is 5. The minimum Gasteiger partial charge on any atom is -0.395 e. The fraction of sp³-hybridized carbons (Fsp3) is 0.571. The maximum absolute atomic E-state index is 9.27. The van der Waals surface area contributed by atoms with E-state index >= 15 is 0 Å². The van der Waals surface area contributed by atoms with E-state index in [2.05, 4.69) is 36.2 Å². The third-order valence-corrected chi connectivity index (χ3v) is 3.55. The second-order valence-electron chi connectivity index (χ2n) is 5.03. The first kappa shape index (κ1) is 14.0. The van der Waals surface area contributed by atoms with Gasteiger partial charge in [-0.1, -0.05) is 6.92 Å². The molecule has 0 aliphatic carbocycles. The van der Waals surface area contributed by atoms with Crippen molar-refractivity contribution in [3.63, 3.8) is 0 Å². The van der Waals surface area contributed by atoms with Gasteiger partial charge < -0.3 is 10.4 Å². The van der Waals surface area contributed by atoms with Gasteiger partial charge in [0.15, 0.2) is 5.65 Å². The molecule has 0 saturated carbocycles. The lowest BCUT2D eigenvalue weighted by molar-refractivity contribution is 0.230. The predicted molar refractivity (Wildman–Crippen MR) is 75.2 cm³/mol. The van der Waals surface area contributed by atoms with E-state index in [1.54, 1.807) is 0 Å². The highest BCUT2D eigenvalue weighted by atomic mass is 16.3. The number of fused-ring (bicyclic) bond motifs is 1. The van der Waals surface area contributed by atoms with E-state index in [9.17, 15) is 5.11 Å². The van der Waals surface area contributed by atoms with E-state index in [0.29, 0.717) is 0 Å². The van der Waals surface area contributed by atoms with Crippen LogP contribution in [0.2, 0.25) is 0 Å². The summed E-state index contributed by atoms with van der Waals surface area (Å²) in [6.07, 6.45) is 2.80. The van der Waals surface area contributed by atoms with Crippen LogP contribution >= 0.6 is 0 Å². The van der Waals surface area contributed by atoms with Crippen molar-refractivity contribution in [2.75, 3.05) is 6.61 Å². The fourth-order valence-corrected chi connectivity index (χ4v) is 2.34. The molecular formula is C14H22N4O. The molecule has 2 atom stereocenters. The van der Waals surface area contributed by atoms with Crippen LogP contribution in [-0.2, 0) is 0 Å². The van der Waals surface area contributed by atoms with Crippen molar-refractivity contribution in [2.24, 2.45) is 0 Å². The van der Waals surface area contributed by atoms with Crippen molar-refractivity contribution in [3.8, 4) is 0 Å². The molecule has 0 aliphatic rings. The Hall–Kier alpha value is -1.46. The van der Waals surface area contributed by atoms with Crippen LogP contribution in [0.4, 0.5) is 0 Å². The van der Waals surface area contributed by atoms with Crippen LogP contribution in [0.1, 0.15) is 43.3 Å². The van der Waals surface area contributed by atoms with Crippen molar-refractivity contribution >= 4 is 5.65 Å². The molecule has 2 rings (SSSR count). The zero-order valence-electron chi connectivity index (χ0n) is 12.0. The molecule has 2 aromatic heterocycles. The maximum Gasteiger partial charge on any atom is 0.155 e. The van der Waals surface area contributed by atoms with Gasteiger partial charge in [0.25, 0.3) is 0 Å². The van der Waals surface area contributed by atoms with E-state index < -0.39 is 0 Å². The lowest BCUT2D eigenvalue weighted by Crippen LogP contribution is -2.34. The Morgan fingerprint density at radius 1 is 1.42 bits per heavy atom. The summed E-state index contributed by atoms with van der Waals surface area (Å²) in [5.74, 6) is 0. The van der Waals surface area contributed by atoms with Gasteiger partial charge >= 0.3 is 0 Å². The van der Waals surface area contributed by atoms with Crippen LogP contribution < -0.4 is 5.32 Å². The van der Waals surface area contributed by atoms with Gasteiger partial charge in [0.1, 0.15) is 0 Å². The van der Waals surface area contributed by atoms with Crippen molar-refractivity contribution in [3.05, 3.63) is 29.2 Å². The van der Waals surface area contributed by atoms with Crippen LogP contribution in [0.3, 0.4) is 0 Å². The minimum atomic E-state index is 0.115. The summed E-state index contributed by atoms with van der Waals surface area (Å²) < 4.78 is 1.88. The predicted octanol–water partition coefficient (Wildman–Crippen LogP) is 1.77. The Morgan fingerprint density at radius 3 is 2.79 bits per heavy atom. The molecule has 104 valence electrons. The van der Waals surface area contributed by atoms with E-state index in [1.165, 1.54) is 0 Å². The molecule has 0 amide bonds. The first-order valence-corrected chi connectivity index (χ1v) is 6.75. The van der Waals surface area contributed by atoms with Crippen molar-refractivity contribution in [1.29, 1.82) is 0 Å². The van der Waals surface area contributed by atoms with Crippen molar-refractivity contribution in [1.82, 2.24) is 19.9 Å². The molecule has 1 unspecified atom stereocenters.